The summed E-state index contributed by atoms with van der Waals surface area (Å²) in [6.07, 6.45) is 7.62. The third-order valence-electron chi connectivity index (χ3n) is 6.00. The Morgan fingerprint density at radius 2 is 2.22 bits per heavy atom. The van der Waals surface area contributed by atoms with E-state index in [0.717, 1.165) is 51.6 Å². The van der Waals surface area contributed by atoms with E-state index >= 15 is 0 Å². The number of carbonyl (C=O) groups excluding carboxylic acids is 2. The predicted molar refractivity (Wildman–Crippen MR) is 150 cm³/mol. The Labute approximate surface area is 227 Å². The Hall–Kier alpha value is -3.41. The molecule has 4 rings (SSSR count). The highest BCUT2D eigenvalue weighted by molar-refractivity contribution is 9.10. The summed E-state index contributed by atoms with van der Waals surface area (Å²) in [6.45, 7) is 8.10. The van der Waals surface area contributed by atoms with E-state index in [0.29, 0.717) is 28.1 Å². The Kier molecular flexibility index (Phi) is 8.47. The molecule has 0 aliphatic heterocycles. The number of hydrogen-bond donors (Lipinski definition) is 2. The van der Waals surface area contributed by atoms with E-state index in [-0.39, 0.29) is 19.1 Å². The number of aliphatic hydroxyl groups is 1. The number of fused-ring (bicyclic) bond motifs is 3. The highest BCUT2D eigenvalue weighted by Crippen LogP contribution is 2.44. The number of carbonyl (C=O) groups is 2. The van der Waals surface area contributed by atoms with Crippen LogP contribution < -0.4 is 5.32 Å². The van der Waals surface area contributed by atoms with Crippen LogP contribution in [0.25, 0.3) is 21.8 Å². The molecule has 2 N–H and O–H groups in total. The number of nitrogens with zero attached hydrogens (tertiary/aromatic N) is 5. The summed E-state index contributed by atoms with van der Waals surface area (Å²) in [6, 6.07) is 5.39. The fourth-order valence-electron chi connectivity index (χ4n) is 4.37. The largest absolute Gasteiger partial charge is 0.395 e. The minimum atomic E-state index is -0.156. The first kappa shape index (κ1) is 26.6. The number of likely N-dealkylation sites (N-methyl/N-ethyl adjacent to an activating group) is 1. The molecule has 0 fully saturated rings. The molecule has 0 unspecified atom stereocenters. The van der Waals surface area contributed by atoms with Crippen LogP contribution in [-0.2, 0) is 17.6 Å². The first-order valence-electron chi connectivity index (χ1n) is 11.8. The van der Waals surface area contributed by atoms with E-state index in [9.17, 15) is 14.7 Å². The van der Waals surface area contributed by atoms with Crippen molar-refractivity contribution >= 4 is 57.0 Å². The van der Waals surface area contributed by atoms with Gasteiger partial charge in [0, 0.05) is 40.5 Å². The van der Waals surface area contributed by atoms with Crippen molar-refractivity contribution in [2.75, 3.05) is 25.0 Å². The van der Waals surface area contributed by atoms with Crippen molar-refractivity contribution in [3.63, 3.8) is 0 Å². The molecule has 0 spiro atoms. The molecule has 0 radical (unpaired) electrons. The molecule has 2 aromatic heterocycles. The summed E-state index contributed by atoms with van der Waals surface area (Å²) in [5.41, 5.74) is 5.72. The van der Waals surface area contributed by atoms with Crippen molar-refractivity contribution in [1.29, 1.82) is 0 Å². The molecule has 0 bridgehead atoms. The Morgan fingerprint density at radius 3 is 2.86 bits per heavy atom. The molecule has 0 saturated heterocycles. The number of hydrogen-bond acceptors (Lipinski definition) is 7. The lowest BCUT2D eigenvalue weighted by Crippen LogP contribution is -2.33. The number of thiazole rings is 1. The normalized spacial score (nSPS) is 12.8. The van der Waals surface area contributed by atoms with Gasteiger partial charge in [0.15, 0.2) is 5.13 Å². The maximum Gasteiger partial charge on any atom is 0.253 e. The first-order valence-corrected chi connectivity index (χ1v) is 13.4. The van der Waals surface area contributed by atoms with Gasteiger partial charge in [0.05, 0.1) is 34.3 Å². The lowest BCUT2D eigenvalue weighted by molar-refractivity contribution is -0.105. The summed E-state index contributed by atoms with van der Waals surface area (Å²) in [4.78, 5) is 35.1. The molecule has 9 nitrogen and oxygen atoms in total. The van der Waals surface area contributed by atoms with E-state index < -0.39 is 0 Å². The topological polar surface area (TPSA) is 113 Å². The fraction of sp³-hybridized carbons (Fsp3) is 0.269. The lowest BCUT2D eigenvalue weighted by Gasteiger charge is -2.20. The summed E-state index contributed by atoms with van der Waals surface area (Å²) >= 11 is 5.06. The van der Waals surface area contributed by atoms with Crippen LogP contribution in [0.15, 0.2) is 46.0 Å². The van der Waals surface area contributed by atoms with Crippen LogP contribution in [-0.4, -0.2) is 63.5 Å². The average molecular weight is 584 g/mol. The summed E-state index contributed by atoms with van der Waals surface area (Å²) < 4.78 is 2.55. The van der Waals surface area contributed by atoms with Gasteiger partial charge in [0.2, 0.25) is 6.41 Å². The van der Waals surface area contributed by atoms with Crippen LogP contribution in [0, 0.1) is 0 Å². The SMILES string of the molecule is C=N/C=C(\C=C/C)c1nn(-c2ccc(C(=O)N(CC)CCO)cc2Br)c2c1CCc1nc(NC=O)sc1-2. The second-order valence-corrected chi connectivity index (χ2v) is 10.0. The standard InChI is InChI=1S/C26H27BrN6O3S/c1-4-6-17(14-28-3)22-18-8-9-20-24(37-26(30-20)29-15-35)23(18)33(31-22)21-10-7-16(13-19(21)27)25(36)32(5-2)11-12-34/h4,6-7,10,13-15,34H,3,5,8-9,11-12H2,1-2H3,(H,29,30,35)/b6-4-,17-14+. The van der Waals surface area contributed by atoms with Gasteiger partial charge in [-0.15, -0.1) is 0 Å². The quantitative estimate of drug-likeness (QED) is 0.208. The van der Waals surface area contributed by atoms with E-state index in [1.54, 1.807) is 23.2 Å². The van der Waals surface area contributed by atoms with Gasteiger partial charge in [-0.3, -0.25) is 14.6 Å². The first-order chi connectivity index (χ1) is 18.0. The number of allylic oxidation sites excluding steroid dienone is 3. The van der Waals surface area contributed by atoms with Gasteiger partial charge in [-0.2, -0.15) is 5.10 Å². The number of anilines is 1. The monoisotopic (exact) mass is 582 g/mol. The number of rotatable bonds is 10. The number of benzene rings is 1. The molecule has 11 heteroatoms. The Bertz CT molecular complexity index is 1410. The third kappa shape index (κ3) is 5.20. The minimum absolute atomic E-state index is 0.0964. The van der Waals surface area contributed by atoms with Crippen LogP contribution in [0.2, 0.25) is 0 Å². The molecule has 0 atom stereocenters. The van der Waals surface area contributed by atoms with Gasteiger partial charge in [0.1, 0.15) is 0 Å². The minimum Gasteiger partial charge on any atom is -0.395 e. The van der Waals surface area contributed by atoms with Gasteiger partial charge in [0.25, 0.3) is 5.91 Å². The summed E-state index contributed by atoms with van der Waals surface area (Å²) in [5.74, 6) is -0.156. The highest BCUT2D eigenvalue weighted by atomic mass is 79.9. The smallest absolute Gasteiger partial charge is 0.253 e. The van der Waals surface area contributed by atoms with Crippen molar-refractivity contribution in [2.45, 2.75) is 26.7 Å². The van der Waals surface area contributed by atoms with E-state index in [1.165, 1.54) is 11.3 Å². The molecule has 3 aromatic rings. The zero-order valence-corrected chi connectivity index (χ0v) is 23.0. The second kappa shape index (κ2) is 11.8. The predicted octanol–water partition coefficient (Wildman–Crippen LogP) is 4.50. The van der Waals surface area contributed by atoms with Crippen LogP contribution in [0.3, 0.4) is 0 Å². The van der Waals surface area contributed by atoms with Gasteiger partial charge in [-0.05, 0) is 67.5 Å². The third-order valence-corrected chi connectivity index (χ3v) is 7.67. The summed E-state index contributed by atoms with van der Waals surface area (Å²) in [7, 11) is 0. The van der Waals surface area contributed by atoms with Crippen molar-refractivity contribution in [2.24, 2.45) is 4.99 Å². The molecule has 1 aromatic carbocycles. The number of halogens is 1. The molecule has 1 aliphatic carbocycles. The van der Waals surface area contributed by atoms with Crippen molar-refractivity contribution in [1.82, 2.24) is 19.7 Å². The van der Waals surface area contributed by atoms with Crippen molar-refractivity contribution in [3.05, 3.63) is 63.5 Å². The zero-order valence-electron chi connectivity index (χ0n) is 20.6. The van der Waals surface area contributed by atoms with Gasteiger partial charge < -0.3 is 15.3 Å². The van der Waals surface area contributed by atoms with Crippen LogP contribution in [0.4, 0.5) is 5.13 Å². The zero-order chi connectivity index (χ0) is 26.5. The van der Waals surface area contributed by atoms with E-state index in [4.69, 9.17) is 5.10 Å². The number of nitrogens with one attached hydrogen (secondary N) is 1. The van der Waals surface area contributed by atoms with E-state index in [2.05, 4.69) is 37.9 Å². The van der Waals surface area contributed by atoms with E-state index in [1.807, 2.05) is 36.7 Å². The molecular weight excluding hydrogens is 556 g/mol. The van der Waals surface area contributed by atoms with Crippen LogP contribution in [0.1, 0.15) is 41.2 Å². The molecular formula is C26H27BrN6O3S. The lowest BCUT2D eigenvalue weighted by atomic mass is 9.95. The van der Waals surface area contributed by atoms with Gasteiger partial charge in [-0.25, -0.2) is 9.67 Å². The molecule has 1 aliphatic rings. The maximum atomic E-state index is 13.0. The second-order valence-electron chi connectivity index (χ2n) is 8.19. The maximum absolute atomic E-state index is 13.0. The van der Waals surface area contributed by atoms with Gasteiger partial charge in [-0.1, -0.05) is 23.5 Å². The number of aliphatic imine (C=N–C) groups is 1. The Balaban J connectivity index is 1.90. The molecule has 2 heterocycles. The highest BCUT2D eigenvalue weighted by Gasteiger charge is 2.30. The van der Waals surface area contributed by atoms with Crippen LogP contribution >= 0.6 is 27.3 Å². The number of aromatic nitrogens is 3. The van der Waals surface area contributed by atoms with Crippen LogP contribution in [0.5, 0.6) is 0 Å². The summed E-state index contributed by atoms with van der Waals surface area (Å²) in [5, 5.41) is 17.5. The number of aliphatic hydroxyl groups excluding tert-OH is 1. The number of amides is 2. The molecule has 192 valence electrons. The fourth-order valence-corrected chi connectivity index (χ4v) is 5.94. The van der Waals surface area contributed by atoms with Crippen molar-refractivity contribution < 1.29 is 14.7 Å². The molecule has 0 saturated carbocycles. The van der Waals surface area contributed by atoms with Gasteiger partial charge >= 0.3 is 0 Å². The van der Waals surface area contributed by atoms with Crippen molar-refractivity contribution in [3.8, 4) is 16.3 Å². The molecule has 2 amide bonds. The average Bonchev–Trinajstić information content (AvgIpc) is 3.48. The Morgan fingerprint density at radius 1 is 1.41 bits per heavy atom. The molecule has 37 heavy (non-hydrogen) atoms. The number of aryl methyl sites for hydroxylation is 1.